The van der Waals surface area contributed by atoms with E-state index in [9.17, 15) is 13.2 Å². The fourth-order valence-corrected chi connectivity index (χ4v) is 3.98. The summed E-state index contributed by atoms with van der Waals surface area (Å²) in [6, 6.07) is 15.0. The van der Waals surface area contributed by atoms with Crippen molar-refractivity contribution in [3.8, 4) is 11.8 Å². The summed E-state index contributed by atoms with van der Waals surface area (Å²) in [7, 11) is 2.11. The average Bonchev–Trinajstić information content (AvgIpc) is 2.91. The molecule has 3 aromatic rings. The lowest BCUT2D eigenvalue weighted by Gasteiger charge is -2.17. The summed E-state index contributed by atoms with van der Waals surface area (Å²) in [5.41, 5.74) is 3.60. The highest BCUT2D eigenvalue weighted by atomic mass is 19.4. The molecule has 0 spiro atoms. The van der Waals surface area contributed by atoms with Gasteiger partial charge in [-0.15, -0.1) is 0 Å². The molecule has 6 bridgehead atoms. The summed E-state index contributed by atoms with van der Waals surface area (Å²) < 4.78 is 49.0. The van der Waals surface area contributed by atoms with E-state index >= 15 is 0 Å². The molecule has 0 unspecified atom stereocenters. The second-order valence-corrected chi connectivity index (χ2v) is 9.40. The van der Waals surface area contributed by atoms with E-state index in [0.29, 0.717) is 13.2 Å². The van der Waals surface area contributed by atoms with Gasteiger partial charge in [0, 0.05) is 31.8 Å². The lowest BCUT2D eigenvalue weighted by atomic mass is 10.1. The Labute approximate surface area is 226 Å². The zero-order chi connectivity index (χ0) is 27.7. The van der Waals surface area contributed by atoms with Gasteiger partial charge in [-0.1, -0.05) is 43.0 Å². The van der Waals surface area contributed by atoms with Crippen LogP contribution >= 0.6 is 0 Å². The highest BCUT2D eigenvalue weighted by Gasteiger charge is 2.29. The van der Waals surface area contributed by atoms with Crippen molar-refractivity contribution in [3.63, 3.8) is 0 Å². The Morgan fingerprint density at radius 1 is 0.949 bits per heavy atom. The van der Waals surface area contributed by atoms with E-state index in [1.165, 1.54) is 0 Å². The number of rotatable bonds is 2. The number of ether oxygens (including phenoxy) is 2. The van der Waals surface area contributed by atoms with Crippen molar-refractivity contribution in [1.82, 2.24) is 25.2 Å². The van der Waals surface area contributed by atoms with Crippen LogP contribution in [0.5, 0.6) is 11.8 Å². The molecule has 0 aliphatic carbocycles. The zero-order valence-corrected chi connectivity index (χ0v) is 21.9. The van der Waals surface area contributed by atoms with E-state index in [2.05, 4.69) is 44.1 Å². The lowest BCUT2D eigenvalue weighted by molar-refractivity contribution is -0.154. The predicted molar refractivity (Wildman–Crippen MR) is 144 cm³/mol. The molecule has 4 aliphatic heterocycles. The molecule has 208 valence electrons. The van der Waals surface area contributed by atoms with Crippen LogP contribution in [0.3, 0.4) is 0 Å². The van der Waals surface area contributed by atoms with E-state index in [-0.39, 0.29) is 24.2 Å². The van der Waals surface area contributed by atoms with Gasteiger partial charge in [-0.05, 0) is 55.3 Å². The maximum absolute atomic E-state index is 12.8. The topological polar surface area (TPSA) is 84.4 Å². The largest absolute Gasteiger partial charge is 0.494 e. The van der Waals surface area contributed by atoms with Crippen molar-refractivity contribution in [2.45, 2.75) is 32.0 Å². The van der Waals surface area contributed by atoms with Gasteiger partial charge in [-0.2, -0.15) is 28.1 Å². The van der Waals surface area contributed by atoms with Gasteiger partial charge in [0.05, 0.1) is 6.61 Å². The molecular formula is C28H33F3N6O2. The number of alkyl halides is 3. The minimum atomic E-state index is -4.51. The second kappa shape index (κ2) is 13.3. The van der Waals surface area contributed by atoms with Crippen LogP contribution in [-0.2, 0) is 13.0 Å². The van der Waals surface area contributed by atoms with Crippen LogP contribution in [0.1, 0.15) is 35.4 Å². The van der Waals surface area contributed by atoms with Crippen molar-refractivity contribution in [2.24, 2.45) is 0 Å². The van der Waals surface area contributed by atoms with Crippen LogP contribution in [0.15, 0.2) is 55.1 Å². The number of hydrogen-bond donors (Lipinski definition) is 2. The number of halogens is 3. The van der Waals surface area contributed by atoms with Gasteiger partial charge in [0.15, 0.2) is 6.61 Å². The van der Waals surface area contributed by atoms with Gasteiger partial charge < -0.3 is 25.0 Å². The van der Waals surface area contributed by atoms with Gasteiger partial charge in [-0.25, -0.2) is 0 Å². The molecule has 0 radical (unpaired) electrons. The Hall–Kier alpha value is -3.86. The predicted octanol–water partition coefficient (Wildman–Crippen LogP) is 4.68. The molecule has 1 aromatic heterocycles. The molecule has 2 N–H and O–H groups in total. The van der Waals surface area contributed by atoms with E-state index in [1.54, 1.807) is 0 Å². The maximum Gasteiger partial charge on any atom is 0.422 e. The second-order valence-electron chi connectivity index (χ2n) is 9.40. The molecule has 0 saturated heterocycles. The van der Waals surface area contributed by atoms with Crippen molar-refractivity contribution >= 4 is 11.6 Å². The number of aromatic nitrogens is 3. The molecule has 2 aromatic carbocycles. The van der Waals surface area contributed by atoms with Gasteiger partial charge in [-0.3, -0.25) is 0 Å². The Bertz CT molecular complexity index is 1220. The van der Waals surface area contributed by atoms with Crippen molar-refractivity contribution < 1.29 is 22.6 Å². The summed E-state index contributed by atoms with van der Waals surface area (Å²) in [6.07, 6.45) is -2.33. The molecule has 4 aliphatic rings. The summed E-state index contributed by atoms with van der Waals surface area (Å²) >= 11 is 0. The molecule has 0 saturated carbocycles. The fraction of sp³-hybridized carbons (Fsp3) is 0.393. The summed E-state index contributed by atoms with van der Waals surface area (Å²) in [6.45, 7) is 6.32. The smallest absolute Gasteiger partial charge is 0.422 e. The first kappa shape index (κ1) is 28.2. The summed E-state index contributed by atoms with van der Waals surface area (Å²) in [4.78, 5) is 14.9. The Morgan fingerprint density at radius 3 is 2.41 bits per heavy atom. The zero-order valence-electron chi connectivity index (χ0n) is 21.9. The molecule has 8 nitrogen and oxygen atoms in total. The SMILES string of the molecule is C=C1NCCCN(C)CCCOc2ccc(cc2)CNc2nc(nc(OCC(F)(F)F)n2)Cc2ccc1cc2. The molecule has 7 rings (SSSR count). The summed E-state index contributed by atoms with van der Waals surface area (Å²) in [5, 5.41) is 6.43. The molecule has 11 heteroatoms. The average molecular weight is 543 g/mol. The Kier molecular flexibility index (Phi) is 9.59. The normalized spacial score (nSPS) is 16.1. The van der Waals surface area contributed by atoms with Crippen molar-refractivity contribution in [3.05, 3.63) is 77.6 Å². The highest BCUT2D eigenvalue weighted by Crippen LogP contribution is 2.19. The standard InChI is InChI=1S/C28H33F3N6O2/c1-20-23-9-5-21(6-10-23)17-25-34-26(36-27(35-25)39-19-28(29,30)31)33-18-22-7-11-24(12-8-22)38-16-4-15-37(2)14-3-13-32-20/h5-12,32H,1,3-4,13-19H2,2H3,(H,33,34,35,36). The van der Waals surface area contributed by atoms with Crippen molar-refractivity contribution in [1.29, 1.82) is 0 Å². The van der Waals surface area contributed by atoms with Gasteiger partial charge in [0.25, 0.3) is 0 Å². The number of nitrogens with zero attached hydrogens (tertiary/aromatic N) is 4. The van der Waals surface area contributed by atoms with E-state index in [4.69, 9.17) is 9.47 Å². The quantitative estimate of drug-likeness (QED) is 0.483. The Morgan fingerprint density at radius 2 is 1.67 bits per heavy atom. The third-order valence-corrected chi connectivity index (χ3v) is 6.07. The first-order chi connectivity index (χ1) is 18.7. The van der Waals surface area contributed by atoms with E-state index < -0.39 is 12.8 Å². The third-order valence-electron chi connectivity index (χ3n) is 6.07. The Balaban J connectivity index is 1.54. The highest BCUT2D eigenvalue weighted by molar-refractivity contribution is 5.61. The van der Waals surface area contributed by atoms with E-state index in [1.807, 2.05) is 48.5 Å². The third kappa shape index (κ3) is 9.43. The van der Waals surface area contributed by atoms with Gasteiger partial charge in [0.1, 0.15) is 11.6 Å². The minimum absolute atomic E-state index is 0.130. The molecule has 0 atom stereocenters. The first-order valence-corrected chi connectivity index (χ1v) is 12.8. The minimum Gasteiger partial charge on any atom is -0.494 e. The van der Waals surface area contributed by atoms with E-state index in [0.717, 1.165) is 60.6 Å². The van der Waals surface area contributed by atoms with Crippen LogP contribution in [0.25, 0.3) is 5.70 Å². The number of hydrogen-bond acceptors (Lipinski definition) is 8. The van der Waals surface area contributed by atoms with Crippen LogP contribution < -0.4 is 20.1 Å². The van der Waals surface area contributed by atoms with Crippen LogP contribution in [0.2, 0.25) is 0 Å². The van der Waals surface area contributed by atoms with Gasteiger partial charge in [0.2, 0.25) is 5.95 Å². The number of anilines is 1. The molecule has 5 heterocycles. The molecule has 0 amide bonds. The van der Waals surface area contributed by atoms with Crippen LogP contribution in [0.4, 0.5) is 19.1 Å². The monoisotopic (exact) mass is 542 g/mol. The van der Waals surface area contributed by atoms with Crippen LogP contribution in [-0.4, -0.2) is 65.9 Å². The van der Waals surface area contributed by atoms with Crippen LogP contribution in [0, 0.1) is 0 Å². The molecule has 0 fully saturated rings. The number of nitrogens with one attached hydrogen (secondary N) is 2. The number of benzene rings is 2. The molecule has 39 heavy (non-hydrogen) atoms. The first-order valence-electron chi connectivity index (χ1n) is 12.8. The van der Waals surface area contributed by atoms with Crippen molar-refractivity contribution in [2.75, 3.05) is 45.2 Å². The van der Waals surface area contributed by atoms with Gasteiger partial charge >= 0.3 is 12.2 Å². The molecular weight excluding hydrogens is 509 g/mol. The maximum atomic E-state index is 12.8. The fourth-order valence-electron chi connectivity index (χ4n) is 3.98. The lowest BCUT2D eigenvalue weighted by Crippen LogP contribution is -2.25. The summed E-state index contributed by atoms with van der Waals surface area (Å²) in [5.74, 6) is 1.19.